The van der Waals surface area contributed by atoms with Gasteiger partial charge < -0.3 is 15.3 Å². The van der Waals surface area contributed by atoms with Gasteiger partial charge in [0.05, 0.1) is 5.60 Å². The van der Waals surface area contributed by atoms with E-state index in [2.05, 4.69) is 32.3 Å². The number of fused-ring (bicyclic) bond motifs is 1. The van der Waals surface area contributed by atoms with Gasteiger partial charge in [0.2, 0.25) is 5.95 Å². The lowest BCUT2D eigenvalue weighted by Crippen LogP contribution is -2.31. The lowest BCUT2D eigenvalue weighted by atomic mass is 9.91. The quantitative estimate of drug-likeness (QED) is 0.904. The van der Waals surface area contributed by atoms with Crippen LogP contribution in [-0.2, 0) is 18.6 Å². The minimum absolute atomic E-state index is 0.690. The van der Waals surface area contributed by atoms with E-state index in [0.29, 0.717) is 5.95 Å². The van der Waals surface area contributed by atoms with E-state index in [1.54, 1.807) is 0 Å². The summed E-state index contributed by atoms with van der Waals surface area (Å²) in [6, 6.07) is 8.34. The topological polar surface area (TPSA) is 61.3 Å². The Morgan fingerprint density at radius 1 is 1.21 bits per heavy atom. The number of hydrogen-bond acceptors (Lipinski definition) is 5. The fraction of sp³-hybridized carbons (Fsp3) is 0.474. The molecule has 1 aliphatic heterocycles. The summed E-state index contributed by atoms with van der Waals surface area (Å²) in [5.74, 6) is 1.66. The van der Waals surface area contributed by atoms with Crippen molar-refractivity contribution in [3.05, 3.63) is 46.6 Å². The first-order valence-electron chi connectivity index (χ1n) is 8.56. The molecule has 0 atom stereocenters. The zero-order chi connectivity index (χ0) is 17.3. The van der Waals surface area contributed by atoms with Gasteiger partial charge in [-0.05, 0) is 50.8 Å². The lowest BCUT2D eigenvalue weighted by Gasteiger charge is -2.31. The molecule has 5 nitrogen and oxygen atoms in total. The van der Waals surface area contributed by atoms with Crippen LogP contribution in [0.25, 0.3) is 0 Å². The van der Waals surface area contributed by atoms with Crippen molar-refractivity contribution in [1.29, 1.82) is 0 Å². The molecular formula is C19H26N4O. The van der Waals surface area contributed by atoms with Crippen molar-refractivity contribution in [3.63, 3.8) is 0 Å². The van der Waals surface area contributed by atoms with Crippen molar-refractivity contribution < 1.29 is 5.11 Å². The fourth-order valence-electron chi connectivity index (χ4n) is 3.08. The summed E-state index contributed by atoms with van der Waals surface area (Å²) in [7, 11) is 0. The predicted octanol–water partition coefficient (Wildman–Crippen LogP) is 3.01. The third-order valence-electron chi connectivity index (χ3n) is 4.42. The highest BCUT2D eigenvalue weighted by molar-refractivity contribution is 5.48. The Balaban J connectivity index is 1.85. The molecule has 2 aromatic rings. The molecule has 128 valence electrons. The smallest absolute Gasteiger partial charge is 0.224 e. The third kappa shape index (κ3) is 3.51. The highest BCUT2D eigenvalue weighted by Crippen LogP contribution is 2.28. The van der Waals surface area contributed by atoms with E-state index in [-0.39, 0.29) is 0 Å². The second-order valence-electron chi connectivity index (χ2n) is 6.94. The number of aromatic nitrogens is 2. The number of rotatable bonds is 4. The van der Waals surface area contributed by atoms with Gasteiger partial charge >= 0.3 is 0 Å². The molecule has 24 heavy (non-hydrogen) atoms. The number of nitrogens with zero attached hydrogens (tertiary/aromatic N) is 3. The first kappa shape index (κ1) is 16.7. The number of hydrogen-bond donors (Lipinski definition) is 2. The van der Waals surface area contributed by atoms with Crippen molar-refractivity contribution in [2.45, 2.75) is 46.3 Å². The summed E-state index contributed by atoms with van der Waals surface area (Å²) in [5.41, 5.74) is 3.77. The highest BCUT2D eigenvalue weighted by atomic mass is 16.3. The molecule has 2 N–H and O–H groups in total. The molecule has 0 amide bonds. The van der Waals surface area contributed by atoms with Crippen LogP contribution in [0.1, 0.15) is 43.2 Å². The molecule has 0 spiro atoms. The number of nitrogens with one attached hydrogen (secondary N) is 1. The van der Waals surface area contributed by atoms with E-state index >= 15 is 0 Å². The molecule has 0 aliphatic carbocycles. The second kappa shape index (κ2) is 6.40. The first-order valence-corrected chi connectivity index (χ1v) is 8.56. The number of benzene rings is 1. The maximum Gasteiger partial charge on any atom is 0.224 e. The zero-order valence-electron chi connectivity index (χ0n) is 14.9. The van der Waals surface area contributed by atoms with Crippen LogP contribution < -0.4 is 10.2 Å². The van der Waals surface area contributed by atoms with Crippen molar-refractivity contribution in [2.24, 2.45) is 0 Å². The van der Waals surface area contributed by atoms with Crippen LogP contribution in [-0.4, -0.2) is 28.2 Å². The van der Waals surface area contributed by atoms with Crippen LogP contribution in [0.5, 0.6) is 0 Å². The number of anilines is 2. The zero-order valence-corrected chi connectivity index (χ0v) is 14.9. The summed E-state index contributed by atoms with van der Waals surface area (Å²) < 4.78 is 0. The van der Waals surface area contributed by atoms with Gasteiger partial charge in [-0.25, -0.2) is 4.98 Å². The molecule has 0 radical (unpaired) electrons. The lowest BCUT2D eigenvalue weighted by molar-refractivity contribution is 0.0785. The van der Waals surface area contributed by atoms with E-state index in [0.717, 1.165) is 43.1 Å². The van der Waals surface area contributed by atoms with Crippen LogP contribution in [0.15, 0.2) is 24.3 Å². The molecule has 0 bridgehead atoms. The van der Waals surface area contributed by atoms with Crippen LogP contribution in [0.2, 0.25) is 0 Å². The van der Waals surface area contributed by atoms with Gasteiger partial charge in [0.1, 0.15) is 5.82 Å². The van der Waals surface area contributed by atoms with Crippen molar-refractivity contribution in [3.8, 4) is 0 Å². The summed E-state index contributed by atoms with van der Waals surface area (Å²) >= 11 is 0. The normalized spacial score (nSPS) is 14.5. The van der Waals surface area contributed by atoms with Crippen molar-refractivity contribution in [2.75, 3.05) is 23.3 Å². The number of aryl methyl sites for hydroxylation is 1. The van der Waals surface area contributed by atoms with Crippen LogP contribution >= 0.6 is 0 Å². The molecule has 0 saturated carbocycles. The maximum absolute atomic E-state index is 10.2. The van der Waals surface area contributed by atoms with Gasteiger partial charge in [-0.2, -0.15) is 4.98 Å². The molecule has 5 heteroatoms. The monoisotopic (exact) mass is 326 g/mol. The third-order valence-corrected chi connectivity index (χ3v) is 4.42. The minimum Gasteiger partial charge on any atom is -0.386 e. The second-order valence-corrected chi connectivity index (χ2v) is 6.94. The molecule has 1 aliphatic rings. The Kier molecular flexibility index (Phi) is 4.45. The summed E-state index contributed by atoms with van der Waals surface area (Å²) in [5, 5.41) is 13.4. The average Bonchev–Trinajstić information content (AvgIpc) is 2.53. The predicted molar refractivity (Wildman–Crippen MR) is 97.4 cm³/mol. The first-order chi connectivity index (χ1) is 11.4. The van der Waals surface area contributed by atoms with Crippen LogP contribution in [0, 0.1) is 6.92 Å². The minimum atomic E-state index is -0.795. The average molecular weight is 326 g/mol. The molecule has 0 saturated heterocycles. The molecule has 2 heterocycles. The van der Waals surface area contributed by atoms with Gasteiger partial charge in [0.15, 0.2) is 0 Å². The molecular weight excluding hydrogens is 300 g/mol. The van der Waals surface area contributed by atoms with Crippen molar-refractivity contribution in [1.82, 2.24) is 9.97 Å². The van der Waals surface area contributed by atoms with Gasteiger partial charge in [0, 0.05) is 31.4 Å². The van der Waals surface area contributed by atoms with Gasteiger partial charge in [-0.15, -0.1) is 0 Å². The Morgan fingerprint density at radius 3 is 2.71 bits per heavy atom. The van der Waals surface area contributed by atoms with E-state index in [9.17, 15) is 5.11 Å². The van der Waals surface area contributed by atoms with Crippen LogP contribution in [0.3, 0.4) is 0 Å². The molecule has 0 unspecified atom stereocenters. The molecule has 1 aromatic heterocycles. The van der Waals surface area contributed by atoms with E-state index in [1.807, 2.05) is 39.8 Å². The molecule has 1 aromatic carbocycles. The maximum atomic E-state index is 10.2. The Labute approximate surface area is 143 Å². The Morgan fingerprint density at radius 2 is 2.00 bits per heavy atom. The highest BCUT2D eigenvalue weighted by Gasteiger charge is 2.22. The standard InChI is InChI=1S/C19H26N4O/c1-5-20-18-21-13(2)10-17(22-18)23-9-8-14-11-16(19(3,4)24)7-6-15(14)12-23/h6-7,10-11,24H,5,8-9,12H2,1-4H3,(H,20,21,22). The number of aliphatic hydroxyl groups is 1. The van der Waals surface area contributed by atoms with Gasteiger partial charge in [0.25, 0.3) is 0 Å². The van der Waals surface area contributed by atoms with Crippen LogP contribution in [0.4, 0.5) is 11.8 Å². The Bertz CT molecular complexity index is 737. The SMILES string of the molecule is CCNc1nc(C)cc(N2CCc3cc(C(C)(C)O)ccc3C2)n1. The molecule has 3 rings (SSSR count). The largest absolute Gasteiger partial charge is 0.386 e. The van der Waals surface area contributed by atoms with E-state index in [1.165, 1.54) is 11.1 Å². The Hall–Kier alpha value is -2.14. The van der Waals surface area contributed by atoms with Gasteiger partial charge in [-0.3, -0.25) is 0 Å². The summed E-state index contributed by atoms with van der Waals surface area (Å²) in [6.07, 6.45) is 0.957. The summed E-state index contributed by atoms with van der Waals surface area (Å²) in [4.78, 5) is 11.4. The fourth-order valence-corrected chi connectivity index (χ4v) is 3.08. The van der Waals surface area contributed by atoms with E-state index in [4.69, 9.17) is 0 Å². The molecule has 0 fully saturated rings. The van der Waals surface area contributed by atoms with Crippen molar-refractivity contribution >= 4 is 11.8 Å². The van der Waals surface area contributed by atoms with Gasteiger partial charge in [-0.1, -0.05) is 18.2 Å². The van der Waals surface area contributed by atoms with E-state index < -0.39 is 5.60 Å². The summed E-state index contributed by atoms with van der Waals surface area (Å²) in [6.45, 7) is 10.3.